The van der Waals surface area contributed by atoms with E-state index < -0.39 is 0 Å². The van der Waals surface area contributed by atoms with Gasteiger partial charge in [-0.3, -0.25) is 4.99 Å². The van der Waals surface area contributed by atoms with Crippen LogP contribution < -0.4 is 16.2 Å². The normalized spacial score (nSPS) is 15.5. The fourth-order valence-electron chi connectivity index (χ4n) is 3.19. The summed E-state index contributed by atoms with van der Waals surface area (Å²) in [4.78, 5) is 9.04. The van der Waals surface area contributed by atoms with E-state index in [1.807, 2.05) is 38.1 Å². The molecule has 136 valence electrons. The van der Waals surface area contributed by atoms with Crippen molar-refractivity contribution < 1.29 is 4.74 Å². The van der Waals surface area contributed by atoms with Crippen LogP contribution >= 0.6 is 0 Å². The van der Waals surface area contributed by atoms with Gasteiger partial charge in [-0.1, -0.05) is 6.07 Å². The van der Waals surface area contributed by atoms with Crippen molar-refractivity contribution in [3.8, 4) is 5.88 Å². The number of aliphatic imine (C=N–C) groups is 1. The molecule has 0 atom stereocenters. The van der Waals surface area contributed by atoms with Crippen molar-refractivity contribution in [3.05, 3.63) is 58.4 Å². The Bertz CT molecular complexity index is 915. The smallest absolute Gasteiger partial charge is 0.213 e. The maximum Gasteiger partial charge on any atom is 0.213 e. The summed E-state index contributed by atoms with van der Waals surface area (Å²) in [5.74, 6) is 0.634. The quantitative estimate of drug-likeness (QED) is 0.805. The predicted molar refractivity (Wildman–Crippen MR) is 107 cm³/mol. The Hall–Kier alpha value is -2.82. The van der Waals surface area contributed by atoms with E-state index in [0.717, 1.165) is 46.3 Å². The molecule has 1 fully saturated rings. The minimum atomic E-state index is 0.598. The standard InChI is InChI=1S/C21H26N4O/c1-4-26-18-11-9-15-12-16(8-10-17(15)25-18)21(24-3)19(13(2)22)20(23)14-6-5-7-14/h8-12H,4-7,22-23H2,1-3H3/b19-13+,24-21-. The molecule has 0 saturated heterocycles. The second-order valence-electron chi connectivity index (χ2n) is 6.49. The fourth-order valence-corrected chi connectivity index (χ4v) is 3.19. The zero-order valence-corrected chi connectivity index (χ0v) is 15.7. The Balaban J connectivity index is 2.05. The van der Waals surface area contributed by atoms with Gasteiger partial charge in [0.25, 0.3) is 0 Å². The highest BCUT2D eigenvalue weighted by molar-refractivity contribution is 6.16. The number of rotatable bonds is 5. The molecule has 0 bridgehead atoms. The summed E-state index contributed by atoms with van der Waals surface area (Å²) in [5, 5.41) is 1.02. The minimum absolute atomic E-state index is 0.598. The fraction of sp³-hybridized carbons (Fsp3) is 0.333. The Labute approximate surface area is 154 Å². The number of hydrogen-bond donors (Lipinski definition) is 2. The number of allylic oxidation sites excluding steroid dienone is 3. The van der Waals surface area contributed by atoms with Crippen molar-refractivity contribution in [1.82, 2.24) is 4.98 Å². The van der Waals surface area contributed by atoms with Gasteiger partial charge in [-0.05, 0) is 56.9 Å². The summed E-state index contributed by atoms with van der Waals surface area (Å²) in [6.45, 7) is 4.42. The third-order valence-corrected chi connectivity index (χ3v) is 4.69. The van der Waals surface area contributed by atoms with Gasteiger partial charge < -0.3 is 16.2 Å². The van der Waals surface area contributed by atoms with Gasteiger partial charge >= 0.3 is 0 Å². The Kier molecular flexibility index (Phi) is 5.26. The molecule has 1 aromatic carbocycles. The number of hydrogen-bond acceptors (Lipinski definition) is 5. The molecule has 1 saturated carbocycles. The lowest BCUT2D eigenvalue weighted by atomic mass is 9.86. The molecule has 0 spiro atoms. The van der Waals surface area contributed by atoms with Gasteiger partial charge in [-0.2, -0.15) is 0 Å². The highest BCUT2D eigenvalue weighted by Crippen LogP contribution is 2.31. The molecule has 3 rings (SSSR count). The van der Waals surface area contributed by atoms with E-state index in [2.05, 4.69) is 16.0 Å². The van der Waals surface area contributed by atoms with Gasteiger partial charge in [0, 0.05) is 41.0 Å². The highest BCUT2D eigenvalue weighted by Gasteiger charge is 2.21. The number of nitrogens with zero attached hydrogens (tertiary/aromatic N) is 2. The van der Waals surface area contributed by atoms with Gasteiger partial charge in [-0.25, -0.2) is 4.98 Å². The third kappa shape index (κ3) is 3.43. The van der Waals surface area contributed by atoms with Crippen LogP contribution in [0.25, 0.3) is 10.9 Å². The van der Waals surface area contributed by atoms with Crippen molar-refractivity contribution in [2.24, 2.45) is 16.5 Å². The number of benzene rings is 1. The van der Waals surface area contributed by atoms with Crippen LogP contribution in [0, 0.1) is 0 Å². The summed E-state index contributed by atoms with van der Waals surface area (Å²) >= 11 is 0. The van der Waals surface area contributed by atoms with Crippen LogP contribution in [0.1, 0.15) is 38.7 Å². The van der Waals surface area contributed by atoms with E-state index in [4.69, 9.17) is 16.2 Å². The second-order valence-corrected chi connectivity index (χ2v) is 6.49. The molecule has 5 nitrogen and oxygen atoms in total. The topological polar surface area (TPSA) is 86.5 Å². The lowest BCUT2D eigenvalue weighted by Gasteiger charge is -2.23. The van der Waals surface area contributed by atoms with Gasteiger partial charge in [-0.15, -0.1) is 0 Å². The monoisotopic (exact) mass is 350 g/mol. The SMILES string of the molecule is CCOc1ccc2cc(C(=N/C)/C(C(N)=C3CCC3)=C(\C)N)ccc2n1. The zero-order chi connectivity index (χ0) is 18.7. The number of fused-ring (bicyclic) bond motifs is 1. The van der Waals surface area contributed by atoms with Crippen molar-refractivity contribution in [2.75, 3.05) is 13.7 Å². The van der Waals surface area contributed by atoms with Crippen LogP contribution in [-0.2, 0) is 0 Å². The molecule has 1 aliphatic carbocycles. The van der Waals surface area contributed by atoms with Crippen molar-refractivity contribution in [2.45, 2.75) is 33.1 Å². The van der Waals surface area contributed by atoms with Crippen LogP contribution in [0.4, 0.5) is 0 Å². The van der Waals surface area contributed by atoms with Crippen molar-refractivity contribution in [1.29, 1.82) is 0 Å². The van der Waals surface area contributed by atoms with E-state index in [0.29, 0.717) is 18.2 Å². The number of pyridine rings is 1. The molecule has 0 radical (unpaired) electrons. The average molecular weight is 350 g/mol. The second kappa shape index (κ2) is 7.60. The average Bonchev–Trinajstić information content (AvgIpc) is 2.57. The molecular weight excluding hydrogens is 324 g/mol. The molecule has 4 N–H and O–H groups in total. The van der Waals surface area contributed by atoms with E-state index in [1.54, 1.807) is 7.05 Å². The van der Waals surface area contributed by atoms with Crippen molar-refractivity contribution >= 4 is 16.6 Å². The minimum Gasteiger partial charge on any atom is -0.478 e. The first-order valence-electron chi connectivity index (χ1n) is 9.00. The van der Waals surface area contributed by atoms with Crippen LogP contribution in [0.3, 0.4) is 0 Å². The highest BCUT2D eigenvalue weighted by atomic mass is 16.5. The molecule has 1 aliphatic rings. The van der Waals surface area contributed by atoms with Gasteiger partial charge in [0.1, 0.15) is 0 Å². The lowest BCUT2D eigenvalue weighted by molar-refractivity contribution is 0.328. The number of ether oxygens (including phenoxy) is 1. The number of nitrogens with two attached hydrogens (primary N) is 2. The summed E-state index contributed by atoms with van der Waals surface area (Å²) < 4.78 is 5.48. The first-order chi connectivity index (χ1) is 12.5. The Morgan fingerprint density at radius 3 is 2.54 bits per heavy atom. The molecule has 1 aromatic heterocycles. The van der Waals surface area contributed by atoms with Crippen LogP contribution in [0.2, 0.25) is 0 Å². The molecule has 5 heteroatoms. The number of aromatic nitrogens is 1. The molecule has 2 aromatic rings. The molecule has 26 heavy (non-hydrogen) atoms. The first-order valence-corrected chi connectivity index (χ1v) is 9.00. The molecule has 0 amide bonds. The van der Waals surface area contributed by atoms with Crippen LogP contribution in [-0.4, -0.2) is 24.4 Å². The lowest BCUT2D eigenvalue weighted by Crippen LogP contribution is -2.21. The van der Waals surface area contributed by atoms with Crippen molar-refractivity contribution in [3.63, 3.8) is 0 Å². The van der Waals surface area contributed by atoms with E-state index >= 15 is 0 Å². The van der Waals surface area contributed by atoms with E-state index in [-0.39, 0.29) is 0 Å². The maximum atomic E-state index is 6.44. The summed E-state index contributed by atoms with van der Waals surface area (Å²) in [6, 6.07) is 9.95. The third-order valence-electron chi connectivity index (χ3n) is 4.69. The largest absolute Gasteiger partial charge is 0.478 e. The Morgan fingerprint density at radius 1 is 1.19 bits per heavy atom. The summed E-state index contributed by atoms with van der Waals surface area (Å²) in [5.41, 5.74) is 18.9. The van der Waals surface area contributed by atoms with Gasteiger partial charge in [0.15, 0.2) is 0 Å². The van der Waals surface area contributed by atoms with Crippen LogP contribution in [0.15, 0.2) is 57.9 Å². The maximum absolute atomic E-state index is 6.44. The molecule has 1 heterocycles. The van der Waals surface area contributed by atoms with Crippen LogP contribution in [0.5, 0.6) is 5.88 Å². The molecule has 0 aliphatic heterocycles. The molecular formula is C21H26N4O. The van der Waals surface area contributed by atoms with Gasteiger partial charge in [0.2, 0.25) is 5.88 Å². The Morgan fingerprint density at radius 2 is 1.96 bits per heavy atom. The predicted octanol–water partition coefficient (Wildman–Crippen LogP) is 3.68. The zero-order valence-electron chi connectivity index (χ0n) is 15.7. The van der Waals surface area contributed by atoms with Gasteiger partial charge in [0.05, 0.1) is 17.8 Å². The van der Waals surface area contributed by atoms with E-state index in [9.17, 15) is 0 Å². The molecule has 0 unspecified atom stereocenters. The summed E-state index contributed by atoms with van der Waals surface area (Å²) in [7, 11) is 1.78. The summed E-state index contributed by atoms with van der Waals surface area (Å²) in [6.07, 6.45) is 3.28. The van der Waals surface area contributed by atoms with E-state index in [1.165, 1.54) is 12.0 Å². The first kappa shape index (κ1) is 18.0.